The van der Waals surface area contributed by atoms with Crippen LogP contribution >= 0.6 is 0 Å². The number of alkyl carbamates (subject to hydrolysis) is 1. The van der Waals surface area contributed by atoms with Gasteiger partial charge >= 0.3 is 12.1 Å². The molecule has 0 unspecified atom stereocenters. The number of hydrogen-bond acceptors (Lipinski definition) is 7. The van der Waals surface area contributed by atoms with Crippen LogP contribution in [0.3, 0.4) is 0 Å². The van der Waals surface area contributed by atoms with E-state index in [0.29, 0.717) is 36.5 Å². The van der Waals surface area contributed by atoms with Crippen LogP contribution in [-0.2, 0) is 14.2 Å². The predicted molar refractivity (Wildman–Crippen MR) is 124 cm³/mol. The summed E-state index contributed by atoms with van der Waals surface area (Å²) in [6.45, 7) is 13.0. The second kappa shape index (κ2) is 11.0. The molecular weight excluding hydrogens is 430 g/mol. The van der Waals surface area contributed by atoms with E-state index in [1.54, 1.807) is 18.2 Å². The van der Waals surface area contributed by atoms with Crippen LogP contribution in [0.4, 0.5) is 4.79 Å². The number of ether oxygens (including phenoxy) is 5. The van der Waals surface area contributed by atoms with Crippen LogP contribution in [0.2, 0.25) is 25.7 Å². The van der Waals surface area contributed by atoms with E-state index in [2.05, 4.69) is 25.0 Å². The summed E-state index contributed by atoms with van der Waals surface area (Å²) < 4.78 is 27.5. The average molecular weight is 468 g/mol. The molecule has 0 heterocycles. The third-order valence-corrected chi connectivity index (χ3v) is 6.47. The lowest BCUT2D eigenvalue weighted by molar-refractivity contribution is 0.0148. The van der Waals surface area contributed by atoms with Crippen molar-refractivity contribution in [1.29, 1.82) is 0 Å². The highest BCUT2D eigenvalue weighted by atomic mass is 28.3. The highest BCUT2D eigenvalue weighted by Gasteiger charge is 2.34. The van der Waals surface area contributed by atoms with Gasteiger partial charge in [0.05, 0.1) is 12.7 Å². The Bertz CT molecular complexity index is 780. The Labute approximate surface area is 191 Å². The second-order valence-corrected chi connectivity index (χ2v) is 15.8. The minimum atomic E-state index is -1.18. The molecule has 1 saturated carbocycles. The number of esters is 1. The Balaban J connectivity index is 1.91. The Morgan fingerprint density at radius 1 is 1.12 bits per heavy atom. The number of carbonyl (C=O) groups is 2. The van der Waals surface area contributed by atoms with Crippen molar-refractivity contribution in [2.45, 2.75) is 77.0 Å². The molecule has 8 nitrogen and oxygen atoms in total. The molecule has 0 radical (unpaired) electrons. The minimum Gasteiger partial charge on any atom is -0.486 e. The van der Waals surface area contributed by atoms with Crippen molar-refractivity contribution in [2.24, 2.45) is 0 Å². The molecule has 1 fully saturated rings. The first kappa shape index (κ1) is 26.0. The first-order valence-corrected chi connectivity index (χ1v) is 14.7. The van der Waals surface area contributed by atoms with E-state index >= 15 is 0 Å². The summed E-state index contributed by atoms with van der Waals surface area (Å²) in [7, 11) is 0.150. The van der Waals surface area contributed by atoms with Crippen LogP contribution in [0.5, 0.6) is 11.5 Å². The van der Waals surface area contributed by atoms with Crippen molar-refractivity contribution >= 4 is 20.1 Å². The van der Waals surface area contributed by atoms with Gasteiger partial charge in [-0.1, -0.05) is 19.6 Å². The predicted octanol–water partition coefficient (Wildman–Crippen LogP) is 4.60. The van der Waals surface area contributed by atoms with Crippen molar-refractivity contribution in [2.75, 3.05) is 20.5 Å². The normalized spacial score (nSPS) is 18.3. The lowest BCUT2D eigenvalue weighted by Crippen LogP contribution is -2.50. The quantitative estimate of drug-likeness (QED) is 0.233. The first-order valence-electron chi connectivity index (χ1n) is 11.0. The van der Waals surface area contributed by atoms with Crippen molar-refractivity contribution in [3.05, 3.63) is 23.8 Å². The SMILES string of the molecule is COC(=O)c1ccc(OC2CC(NC(=O)OC(C)(C)C)C2)c(OCOCC[Si](C)(C)C)c1. The van der Waals surface area contributed by atoms with Gasteiger partial charge in [-0.3, -0.25) is 0 Å². The molecule has 9 heteroatoms. The van der Waals surface area contributed by atoms with Gasteiger partial charge in [-0.15, -0.1) is 0 Å². The van der Waals surface area contributed by atoms with E-state index in [1.807, 2.05) is 20.8 Å². The van der Waals surface area contributed by atoms with Crippen molar-refractivity contribution < 1.29 is 33.3 Å². The number of rotatable bonds is 10. The van der Waals surface area contributed by atoms with Crippen LogP contribution in [-0.4, -0.2) is 58.4 Å². The molecule has 1 aliphatic carbocycles. The highest BCUT2D eigenvalue weighted by Crippen LogP contribution is 2.34. The Kier molecular flexibility index (Phi) is 8.97. The summed E-state index contributed by atoms with van der Waals surface area (Å²) in [4.78, 5) is 23.8. The molecule has 0 aromatic heterocycles. The van der Waals surface area contributed by atoms with Gasteiger partial charge in [-0.2, -0.15) is 0 Å². The van der Waals surface area contributed by atoms with Crippen LogP contribution < -0.4 is 14.8 Å². The van der Waals surface area contributed by atoms with Gasteiger partial charge in [0.2, 0.25) is 0 Å². The lowest BCUT2D eigenvalue weighted by Gasteiger charge is -2.36. The smallest absolute Gasteiger partial charge is 0.407 e. The van der Waals surface area contributed by atoms with Crippen LogP contribution in [0.25, 0.3) is 0 Å². The van der Waals surface area contributed by atoms with Gasteiger partial charge in [0, 0.05) is 33.6 Å². The number of nitrogens with one attached hydrogen (secondary N) is 1. The number of methoxy groups -OCH3 is 1. The summed E-state index contributed by atoms with van der Waals surface area (Å²) in [6, 6.07) is 5.96. The molecule has 0 atom stereocenters. The molecule has 1 aliphatic rings. The Morgan fingerprint density at radius 2 is 1.81 bits per heavy atom. The maximum Gasteiger partial charge on any atom is 0.407 e. The molecule has 0 saturated heterocycles. The topological polar surface area (TPSA) is 92.3 Å². The van der Waals surface area contributed by atoms with Crippen molar-refractivity contribution in [3.63, 3.8) is 0 Å². The minimum absolute atomic E-state index is 0.00143. The fourth-order valence-electron chi connectivity index (χ4n) is 2.94. The first-order chi connectivity index (χ1) is 14.9. The summed E-state index contributed by atoms with van der Waals surface area (Å²) >= 11 is 0. The molecule has 1 N–H and O–H groups in total. The van der Waals surface area contributed by atoms with Crippen LogP contribution in [0.15, 0.2) is 18.2 Å². The molecule has 0 bridgehead atoms. The molecule has 0 aliphatic heterocycles. The van der Waals surface area contributed by atoms with E-state index in [4.69, 9.17) is 23.7 Å². The molecule has 1 amide bonds. The third-order valence-electron chi connectivity index (χ3n) is 4.77. The molecule has 1 aromatic rings. The maximum atomic E-state index is 11.9. The summed E-state index contributed by atoms with van der Waals surface area (Å²) in [6.07, 6.45) is 0.811. The number of benzene rings is 1. The van der Waals surface area contributed by atoms with E-state index in [-0.39, 0.29) is 18.9 Å². The molecule has 32 heavy (non-hydrogen) atoms. The van der Waals surface area contributed by atoms with Crippen LogP contribution in [0.1, 0.15) is 44.0 Å². The molecular formula is C23H37NO7Si. The highest BCUT2D eigenvalue weighted by molar-refractivity contribution is 6.76. The van der Waals surface area contributed by atoms with Gasteiger partial charge in [0.25, 0.3) is 0 Å². The van der Waals surface area contributed by atoms with Gasteiger partial charge in [0.15, 0.2) is 18.3 Å². The van der Waals surface area contributed by atoms with E-state index in [1.165, 1.54) is 7.11 Å². The fourth-order valence-corrected chi connectivity index (χ4v) is 3.70. The molecule has 2 rings (SSSR count). The van der Waals surface area contributed by atoms with Crippen LogP contribution in [0, 0.1) is 0 Å². The summed E-state index contributed by atoms with van der Waals surface area (Å²) in [5, 5.41) is 2.85. The molecule has 1 aromatic carbocycles. The summed E-state index contributed by atoms with van der Waals surface area (Å²) in [5.74, 6) is 0.489. The van der Waals surface area contributed by atoms with E-state index in [9.17, 15) is 9.59 Å². The zero-order valence-electron chi connectivity index (χ0n) is 20.3. The van der Waals surface area contributed by atoms with E-state index in [0.717, 1.165) is 6.04 Å². The largest absolute Gasteiger partial charge is 0.486 e. The van der Waals surface area contributed by atoms with Gasteiger partial charge < -0.3 is 29.0 Å². The third kappa shape index (κ3) is 9.08. The fraction of sp³-hybridized carbons (Fsp3) is 0.652. The number of amides is 1. The molecule has 180 valence electrons. The number of carbonyl (C=O) groups excluding carboxylic acids is 2. The van der Waals surface area contributed by atoms with Crippen molar-refractivity contribution in [1.82, 2.24) is 5.32 Å². The lowest BCUT2D eigenvalue weighted by atomic mass is 9.89. The van der Waals surface area contributed by atoms with E-state index < -0.39 is 25.7 Å². The van der Waals surface area contributed by atoms with Gasteiger partial charge in [0.1, 0.15) is 11.7 Å². The average Bonchev–Trinajstić information content (AvgIpc) is 2.63. The summed E-state index contributed by atoms with van der Waals surface area (Å²) in [5.41, 5.74) is -0.163. The van der Waals surface area contributed by atoms with Gasteiger partial charge in [-0.05, 0) is 45.0 Å². The molecule has 0 spiro atoms. The number of hydrogen-bond donors (Lipinski definition) is 1. The zero-order valence-corrected chi connectivity index (χ0v) is 21.3. The standard InChI is InChI=1S/C23H37NO7Si/c1-23(2,3)31-22(26)24-17-13-18(14-17)30-19-9-8-16(21(25)27-4)12-20(19)29-15-28-10-11-32(5,6)7/h8-9,12,17-18H,10-11,13-15H2,1-7H3,(H,24,26). The zero-order chi connectivity index (χ0) is 23.9. The Hall–Kier alpha value is -2.26. The van der Waals surface area contributed by atoms with Crippen molar-refractivity contribution in [3.8, 4) is 11.5 Å². The van der Waals surface area contributed by atoms with Gasteiger partial charge in [-0.25, -0.2) is 9.59 Å². The maximum absolute atomic E-state index is 11.9. The second-order valence-electron chi connectivity index (χ2n) is 10.2. The monoisotopic (exact) mass is 467 g/mol. The Morgan fingerprint density at radius 3 is 2.41 bits per heavy atom.